The Morgan fingerprint density at radius 2 is 1.94 bits per heavy atom. The molecule has 4 aromatic rings. The molecule has 0 unspecified atom stereocenters. The van der Waals surface area contributed by atoms with Crippen LogP contribution in [0.2, 0.25) is 5.02 Å². The summed E-state index contributed by atoms with van der Waals surface area (Å²) in [6.45, 7) is 4.37. The van der Waals surface area contributed by atoms with Crippen molar-refractivity contribution in [2.45, 2.75) is 13.1 Å². The molecule has 0 radical (unpaired) electrons. The summed E-state index contributed by atoms with van der Waals surface area (Å²) in [6.07, 6.45) is 3.66. The minimum absolute atomic E-state index is 0.0813. The van der Waals surface area contributed by atoms with Crippen molar-refractivity contribution in [3.63, 3.8) is 0 Å². The highest BCUT2D eigenvalue weighted by atomic mass is 35.5. The molecule has 0 atom stereocenters. The number of fused-ring (bicyclic) bond motifs is 1. The number of carbonyl (C=O) groups is 1. The number of hydrogen-bond acceptors (Lipinski definition) is 7. The summed E-state index contributed by atoms with van der Waals surface area (Å²) < 4.78 is 6.84. The first kappa shape index (κ1) is 23.1. The first-order chi connectivity index (χ1) is 17.1. The van der Waals surface area contributed by atoms with E-state index in [9.17, 15) is 4.79 Å². The fourth-order valence-corrected chi connectivity index (χ4v) is 4.50. The molecule has 35 heavy (non-hydrogen) atoms. The zero-order chi connectivity index (χ0) is 24.2. The van der Waals surface area contributed by atoms with Gasteiger partial charge in [0.15, 0.2) is 0 Å². The number of rotatable bonds is 7. The molecule has 9 nitrogen and oxygen atoms in total. The van der Waals surface area contributed by atoms with Crippen molar-refractivity contribution in [3.8, 4) is 5.75 Å². The van der Waals surface area contributed by atoms with Crippen LogP contribution < -0.4 is 15.0 Å². The summed E-state index contributed by atoms with van der Waals surface area (Å²) >= 11 is 6.13. The van der Waals surface area contributed by atoms with Gasteiger partial charge in [0.1, 0.15) is 12.3 Å². The number of nitrogens with zero attached hydrogens (tertiary/aromatic N) is 6. The van der Waals surface area contributed by atoms with E-state index in [4.69, 9.17) is 16.3 Å². The van der Waals surface area contributed by atoms with E-state index in [0.29, 0.717) is 23.0 Å². The molecule has 0 spiro atoms. The van der Waals surface area contributed by atoms with E-state index in [1.807, 2.05) is 42.7 Å². The van der Waals surface area contributed by atoms with Gasteiger partial charge in [0.2, 0.25) is 5.91 Å². The minimum Gasteiger partial charge on any atom is -0.495 e. The Balaban J connectivity index is 1.15. The van der Waals surface area contributed by atoms with Gasteiger partial charge in [-0.2, -0.15) is 0 Å². The minimum atomic E-state index is -0.189. The number of benzene rings is 2. The molecule has 1 aliphatic heterocycles. The molecule has 1 amide bonds. The van der Waals surface area contributed by atoms with Crippen LogP contribution in [0.3, 0.4) is 0 Å². The van der Waals surface area contributed by atoms with Crippen molar-refractivity contribution in [1.29, 1.82) is 0 Å². The Kier molecular flexibility index (Phi) is 6.78. The first-order valence-electron chi connectivity index (χ1n) is 11.4. The Hall–Kier alpha value is -3.69. The number of nitrogens with one attached hydrogen (secondary N) is 1. The van der Waals surface area contributed by atoms with Gasteiger partial charge in [0.05, 0.1) is 30.2 Å². The van der Waals surface area contributed by atoms with E-state index in [1.165, 1.54) is 5.69 Å². The number of piperazine rings is 1. The van der Waals surface area contributed by atoms with Gasteiger partial charge in [-0.1, -0.05) is 28.9 Å². The van der Waals surface area contributed by atoms with E-state index in [1.54, 1.807) is 23.9 Å². The molecule has 2 aromatic carbocycles. The van der Waals surface area contributed by atoms with Crippen LogP contribution in [0.25, 0.3) is 10.9 Å². The standard InChI is InChI=1S/C25H26ClN7O2/c1-35-24-5-3-2-4-21(24)28-25(34)17-33-16-19(29-30-33)15-31-10-12-32(13-11-31)23-8-9-27-22-14-18(26)6-7-20(22)23/h2-9,14,16H,10-13,15,17H2,1H3,(H,28,34). The quantitative estimate of drug-likeness (QED) is 0.423. The number of hydrogen-bond donors (Lipinski definition) is 1. The van der Waals surface area contributed by atoms with Gasteiger partial charge >= 0.3 is 0 Å². The smallest absolute Gasteiger partial charge is 0.246 e. The number of amides is 1. The molecule has 2 aromatic heterocycles. The Morgan fingerprint density at radius 1 is 1.11 bits per heavy atom. The Morgan fingerprint density at radius 3 is 2.77 bits per heavy atom. The number of anilines is 2. The van der Waals surface area contributed by atoms with Crippen LogP contribution >= 0.6 is 11.6 Å². The maximum absolute atomic E-state index is 12.4. The van der Waals surface area contributed by atoms with E-state index in [2.05, 4.69) is 36.5 Å². The monoisotopic (exact) mass is 491 g/mol. The molecule has 180 valence electrons. The lowest BCUT2D eigenvalue weighted by Crippen LogP contribution is -2.46. The van der Waals surface area contributed by atoms with Crippen LogP contribution in [-0.2, 0) is 17.9 Å². The summed E-state index contributed by atoms with van der Waals surface area (Å²) in [5.41, 5.74) is 3.55. The molecule has 3 heterocycles. The van der Waals surface area contributed by atoms with Crippen molar-refractivity contribution in [2.75, 3.05) is 43.5 Å². The third-order valence-corrected chi connectivity index (χ3v) is 6.29. The second kappa shape index (κ2) is 10.3. The molecule has 0 bridgehead atoms. The van der Waals surface area contributed by atoms with Gasteiger partial charge in [0.25, 0.3) is 0 Å². The zero-order valence-electron chi connectivity index (χ0n) is 19.4. The average molecular weight is 492 g/mol. The average Bonchev–Trinajstić information content (AvgIpc) is 3.30. The topological polar surface area (TPSA) is 88.4 Å². The van der Waals surface area contributed by atoms with Crippen LogP contribution in [-0.4, -0.2) is 64.1 Å². The largest absolute Gasteiger partial charge is 0.495 e. The summed E-state index contributed by atoms with van der Waals surface area (Å²) in [7, 11) is 1.57. The molecule has 5 rings (SSSR count). The second-order valence-electron chi connectivity index (χ2n) is 8.41. The predicted molar refractivity (Wildman–Crippen MR) is 136 cm³/mol. The lowest BCUT2D eigenvalue weighted by Gasteiger charge is -2.36. The number of pyridine rings is 1. The SMILES string of the molecule is COc1ccccc1NC(=O)Cn1cc(CN2CCN(c3ccnc4cc(Cl)ccc34)CC2)nn1. The highest BCUT2D eigenvalue weighted by Gasteiger charge is 2.20. The first-order valence-corrected chi connectivity index (χ1v) is 11.8. The van der Waals surface area contributed by atoms with Gasteiger partial charge < -0.3 is 15.0 Å². The summed E-state index contributed by atoms with van der Waals surface area (Å²) in [5, 5.41) is 13.1. The highest BCUT2D eigenvalue weighted by Crippen LogP contribution is 2.28. The van der Waals surface area contributed by atoms with Crippen molar-refractivity contribution in [2.24, 2.45) is 0 Å². The third kappa shape index (κ3) is 5.36. The highest BCUT2D eigenvalue weighted by molar-refractivity contribution is 6.31. The van der Waals surface area contributed by atoms with Crippen LogP contribution in [0.1, 0.15) is 5.69 Å². The zero-order valence-corrected chi connectivity index (χ0v) is 20.1. The maximum atomic E-state index is 12.4. The molecular weight excluding hydrogens is 466 g/mol. The number of aromatic nitrogens is 4. The number of ether oxygens (including phenoxy) is 1. The lowest BCUT2D eigenvalue weighted by atomic mass is 10.1. The molecule has 0 aliphatic carbocycles. The lowest BCUT2D eigenvalue weighted by molar-refractivity contribution is -0.116. The van der Waals surface area contributed by atoms with Gasteiger partial charge in [-0.15, -0.1) is 5.10 Å². The second-order valence-corrected chi connectivity index (χ2v) is 8.85. The number of methoxy groups -OCH3 is 1. The fourth-order valence-electron chi connectivity index (χ4n) is 4.33. The summed E-state index contributed by atoms with van der Waals surface area (Å²) in [6, 6.07) is 15.2. The fraction of sp³-hybridized carbons (Fsp3) is 0.280. The van der Waals surface area contributed by atoms with E-state index < -0.39 is 0 Å². The van der Waals surface area contributed by atoms with Crippen LogP contribution in [0.4, 0.5) is 11.4 Å². The molecule has 1 fully saturated rings. The van der Waals surface area contributed by atoms with Crippen molar-refractivity contribution in [1.82, 2.24) is 24.9 Å². The third-order valence-electron chi connectivity index (χ3n) is 6.05. The maximum Gasteiger partial charge on any atom is 0.246 e. The van der Waals surface area contributed by atoms with Crippen LogP contribution in [0, 0.1) is 0 Å². The van der Waals surface area contributed by atoms with Crippen LogP contribution in [0.5, 0.6) is 5.75 Å². The van der Waals surface area contributed by atoms with Crippen molar-refractivity contribution in [3.05, 3.63) is 71.6 Å². The van der Waals surface area contributed by atoms with E-state index in [-0.39, 0.29) is 12.5 Å². The van der Waals surface area contributed by atoms with Gasteiger partial charge in [0, 0.05) is 55.0 Å². The summed E-state index contributed by atoms with van der Waals surface area (Å²) in [4.78, 5) is 21.6. The van der Waals surface area contributed by atoms with Gasteiger partial charge in [-0.3, -0.25) is 14.7 Å². The van der Waals surface area contributed by atoms with Crippen LogP contribution in [0.15, 0.2) is 60.9 Å². The van der Waals surface area contributed by atoms with Gasteiger partial charge in [-0.25, -0.2) is 4.68 Å². The van der Waals surface area contributed by atoms with Crippen molar-refractivity contribution >= 4 is 39.8 Å². The summed E-state index contributed by atoms with van der Waals surface area (Å²) in [5.74, 6) is 0.424. The van der Waals surface area contributed by atoms with Gasteiger partial charge in [-0.05, 0) is 36.4 Å². The molecular formula is C25H26ClN7O2. The molecule has 1 N–H and O–H groups in total. The van der Waals surface area contributed by atoms with E-state index in [0.717, 1.165) is 42.8 Å². The Labute approximate surface area is 208 Å². The van der Waals surface area contributed by atoms with E-state index >= 15 is 0 Å². The Bertz CT molecular complexity index is 1330. The molecule has 1 aliphatic rings. The molecule has 1 saturated heterocycles. The molecule has 0 saturated carbocycles. The number of halogens is 1. The number of carbonyl (C=O) groups excluding carboxylic acids is 1. The normalized spacial score (nSPS) is 14.3. The van der Waals surface area contributed by atoms with Crippen molar-refractivity contribution < 1.29 is 9.53 Å². The molecule has 10 heteroatoms. The predicted octanol–water partition coefficient (Wildman–Crippen LogP) is 3.45. The number of para-hydroxylation sites is 2.